The second-order valence-electron chi connectivity index (χ2n) is 5.91. The van der Waals surface area contributed by atoms with Gasteiger partial charge in [-0.15, -0.1) is 0 Å². The molecule has 1 aromatic carbocycles. The molecule has 2 aliphatic rings. The smallest absolute Gasteiger partial charge is 0.122 e. The summed E-state index contributed by atoms with van der Waals surface area (Å²) in [6, 6.07) is 9.33. The molecule has 0 spiro atoms. The number of fused-ring (bicyclic) bond motifs is 1. The molecule has 1 N–H and O–H groups in total. The minimum Gasteiger partial charge on any atom is -0.493 e. The number of nitrogens with one attached hydrogen (secondary N) is 1. The number of ether oxygens (including phenoxy) is 1. The molecule has 2 nitrogen and oxygen atoms in total. The van der Waals surface area contributed by atoms with Gasteiger partial charge in [-0.05, 0) is 44.2 Å². The van der Waals surface area contributed by atoms with Crippen LogP contribution in [0.15, 0.2) is 24.3 Å². The van der Waals surface area contributed by atoms with Crippen LogP contribution in [0.3, 0.4) is 0 Å². The van der Waals surface area contributed by atoms with Gasteiger partial charge in [-0.25, -0.2) is 0 Å². The average Bonchev–Trinajstić information content (AvgIpc) is 3.14. The highest BCUT2D eigenvalue weighted by Crippen LogP contribution is 2.36. The molecule has 1 fully saturated rings. The third kappa shape index (κ3) is 2.86. The Hall–Kier alpha value is -1.02. The molecule has 0 amide bonds. The van der Waals surface area contributed by atoms with Gasteiger partial charge in [0.2, 0.25) is 0 Å². The standard InChI is InChI=1S/C16H23NO/c1-12(10-17-14-8-9-14)6-7-13-11-18-16-5-3-2-4-15(13)16/h2-5,12-14,17H,6-11H2,1H3. The molecule has 0 saturated heterocycles. The van der Waals surface area contributed by atoms with Crippen LogP contribution in [0.5, 0.6) is 5.75 Å². The Labute approximate surface area is 110 Å². The van der Waals surface area contributed by atoms with Crippen LogP contribution in [0.2, 0.25) is 0 Å². The molecule has 1 aromatic rings. The molecule has 3 rings (SSSR count). The first kappa shape index (κ1) is 12.0. The fourth-order valence-electron chi connectivity index (χ4n) is 2.71. The number of hydrogen-bond acceptors (Lipinski definition) is 2. The third-order valence-corrected chi connectivity index (χ3v) is 4.14. The first-order valence-corrected chi connectivity index (χ1v) is 7.28. The third-order valence-electron chi connectivity index (χ3n) is 4.14. The molecule has 2 atom stereocenters. The zero-order valence-corrected chi connectivity index (χ0v) is 11.2. The zero-order valence-electron chi connectivity index (χ0n) is 11.2. The predicted molar refractivity (Wildman–Crippen MR) is 74.1 cm³/mol. The van der Waals surface area contributed by atoms with E-state index in [1.807, 2.05) is 0 Å². The number of rotatable bonds is 6. The van der Waals surface area contributed by atoms with Gasteiger partial charge >= 0.3 is 0 Å². The Balaban J connectivity index is 1.45. The maximum Gasteiger partial charge on any atom is 0.122 e. The predicted octanol–water partition coefficient (Wildman–Crippen LogP) is 3.33. The van der Waals surface area contributed by atoms with Crippen molar-refractivity contribution in [3.8, 4) is 5.75 Å². The minimum absolute atomic E-state index is 0.615. The van der Waals surface area contributed by atoms with E-state index >= 15 is 0 Å². The topological polar surface area (TPSA) is 21.3 Å². The fraction of sp³-hybridized carbons (Fsp3) is 0.625. The highest BCUT2D eigenvalue weighted by Gasteiger charge is 2.24. The Morgan fingerprint density at radius 1 is 1.33 bits per heavy atom. The van der Waals surface area contributed by atoms with Crippen LogP contribution in [-0.2, 0) is 0 Å². The summed E-state index contributed by atoms with van der Waals surface area (Å²) in [4.78, 5) is 0. The van der Waals surface area contributed by atoms with Crippen molar-refractivity contribution in [3.05, 3.63) is 29.8 Å². The van der Waals surface area contributed by atoms with E-state index in [0.29, 0.717) is 5.92 Å². The molecule has 0 radical (unpaired) electrons. The Kier molecular flexibility index (Phi) is 3.55. The summed E-state index contributed by atoms with van der Waals surface area (Å²) in [5.74, 6) is 2.49. The summed E-state index contributed by atoms with van der Waals surface area (Å²) in [5.41, 5.74) is 1.42. The van der Waals surface area contributed by atoms with Crippen molar-refractivity contribution in [2.75, 3.05) is 13.2 Å². The molecule has 2 heteroatoms. The monoisotopic (exact) mass is 245 g/mol. The van der Waals surface area contributed by atoms with Crippen molar-refractivity contribution in [1.29, 1.82) is 0 Å². The lowest BCUT2D eigenvalue weighted by atomic mass is 9.92. The lowest BCUT2D eigenvalue weighted by Crippen LogP contribution is -2.23. The molecule has 1 saturated carbocycles. The summed E-state index contributed by atoms with van der Waals surface area (Å²) in [7, 11) is 0. The van der Waals surface area contributed by atoms with Gasteiger partial charge in [0.05, 0.1) is 6.61 Å². The van der Waals surface area contributed by atoms with Crippen LogP contribution in [0.1, 0.15) is 44.1 Å². The maximum atomic E-state index is 5.74. The number of hydrogen-bond donors (Lipinski definition) is 1. The molecule has 98 valence electrons. The first-order valence-electron chi connectivity index (χ1n) is 7.28. The van der Waals surface area contributed by atoms with E-state index < -0.39 is 0 Å². The molecule has 1 aliphatic carbocycles. The maximum absolute atomic E-state index is 5.74. The Morgan fingerprint density at radius 3 is 3.00 bits per heavy atom. The summed E-state index contributed by atoms with van der Waals surface area (Å²) in [6.45, 7) is 4.42. The quantitative estimate of drug-likeness (QED) is 0.830. The second-order valence-corrected chi connectivity index (χ2v) is 5.91. The summed E-state index contributed by atoms with van der Waals surface area (Å²) in [5, 5.41) is 3.62. The number of benzene rings is 1. The first-order chi connectivity index (χ1) is 8.83. The molecule has 1 heterocycles. The van der Waals surface area contributed by atoms with Crippen molar-refractivity contribution < 1.29 is 4.74 Å². The second kappa shape index (κ2) is 5.31. The van der Waals surface area contributed by atoms with E-state index in [4.69, 9.17) is 4.74 Å². The van der Waals surface area contributed by atoms with E-state index in [-0.39, 0.29) is 0 Å². The van der Waals surface area contributed by atoms with Crippen molar-refractivity contribution in [2.45, 2.75) is 44.6 Å². The van der Waals surface area contributed by atoms with Gasteiger partial charge in [0.1, 0.15) is 5.75 Å². The van der Waals surface area contributed by atoms with E-state index in [9.17, 15) is 0 Å². The van der Waals surface area contributed by atoms with E-state index in [0.717, 1.165) is 24.3 Å². The lowest BCUT2D eigenvalue weighted by molar-refractivity contribution is 0.315. The van der Waals surface area contributed by atoms with Crippen LogP contribution >= 0.6 is 0 Å². The van der Waals surface area contributed by atoms with Crippen molar-refractivity contribution in [2.24, 2.45) is 5.92 Å². The van der Waals surface area contributed by atoms with Crippen LogP contribution in [0.25, 0.3) is 0 Å². The summed E-state index contributed by atoms with van der Waals surface area (Å²) in [6.07, 6.45) is 5.32. The van der Waals surface area contributed by atoms with Crippen molar-refractivity contribution in [3.63, 3.8) is 0 Å². The van der Waals surface area contributed by atoms with Crippen LogP contribution in [0, 0.1) is 5.92 Å². The minimum atomic E-state index is 0.615. The highest BCUT2D eigenvalue weighted by molar-refractivity contribution is 5.39. The molecule has 0 aromatic heterocycles. The molecule has 0 bridgehead atoms. The zero-order chi connectivity index (χ0) is 12.4. The normalized spacial score (nSPS) is 23.5. The molecule has 18 heavy (non-hydrogen) atoms. The molecule has 2 unspecified atom stereocenters. The van der Waals surface area contributed by atoms with Gasteiger partial charge in [-0.1, -0.05) is 25.1 Å². The Morgan fingerprint density at radius 2 is 2.17 bits per heavy atom. The fourth-order valence-corrected chi connectivity index (χ4v) is 2.71. The average molecular weight is 245 g/mol. The molecule has 1 aliphatic heterocycles. The van der Waals surface area contributed by atoms with Crippen LogP contribution < -0.4 is 10.1 Å². The summed E-state index contributed by atoms with van der Waals surface area (Å²) >= 11 is 0. The summed E-state index contributed by atoms with van der Waals surface area (Å²) < 4.78 is 5.74. The van der Waals surface area contributed by atoms with Gasteiger partial charge in [-0.2, -0.15) is 0 Å². The Bertz CT molecular complexity index is 400. The van der Waals surface area contributed by atoms with Gasteiger partial charge in [-0.3, -0.25) is 0 Å². The SMILES string of the molecule is CC(CCC1COc2ccccc21)CNC1CC1. The van der Waals surface area contributed by atoms with Gasteiger partial charge in [0.25, 0.3) is 0 Å². The van der Waals surface area contributed by atoms with Crippen molar-refractivity contribution >= 4 is 0 Å². The number of para-hydroxylation sites is 1. The lowest BCUT2D eigenvalue weighted by Gasteiger charge is -2.15. The largest absolute Gasteiger partial charge is 0.493 e. The molecular weight excluding hydrogens is 222 g/mol. The van der Waals surface area contributed by atoms with E-state index in [2.05, 4.69) is 36.5 Å². The van der Waals surface area contributed by atoms with Crippen molar-refractivity contribution in [1.82, 2.24) is 5.32 Å². The van der Waals surface area contributed by atoms with E-state index in [1.54, 1.807) is 0 Å². The highest BCUT2D eigenvalue weighted by atomic mass is 16.5. The van der Waals surface area contributed by atoms with Gasteiger partial charge < -0.3 is 10.1 Å². The van der Waals surface area contributed by atoms with Crippen LogP contribution in [-0.4, -0.2) is 19.2 Å². The van der Waals surface area contributed by atoms with Gasteiger partial charge in [0, 0.05) is 17.5 Å². The molecular formula is C16H23NO. The van der Waals surface area contributed by atoms with Crippen LogP contribution in [0.4, 0.5) is 0 Å². The van der Waals surface area contributed by atoms with Gasteiger partial charge in [0.15, 0.2) is 0 Å². The van der Waals surface area contributed by atoms with E-state index in [1.165, 1.54) is 37.8 Å².